The van der Waals surface area contributed by atoms with Crippen LogP contribution in [0, 0.1) is 5.82 Å². The van der Waals surface area contributed by atoms with Crippen molar-refractivity contribution < 1.29 is 13.9 Å². The molecule has 164 valence electrons. The highest BCUT2D eigenvalue weighted by Crippen LogP contribution is 2.25. The first-order valence-electron chi connectivity index (χ1n) is 9.82. The summed E-state index contributed by atoms with van der Waals surface area (Å²) in [6, 6.07) is 8.74. The van der Waals surface area contributed by atoms with Gasteiger partial charge in [-0.05, 0) is 37.3 Å². The number of hydrogen-bond donors (Lipinski definition) is 3. The first-order chi connectivity index (χ1) is 15.5. The minimum absolute atomic E-state index is 0.00821. The van der Waals surface area contributed by atoms with Crippen LogP contribution < -0.4 is 10.6 Å². The number of rotatable bonds is 8. The number of carbonyl (C=O) groups is 1. The number of anilines is 4. The predicted octanol–water partition coefficient (Wildman–Crippen LogP) is 4.52. The first-order valence-corrected chi connectivity index (χ1v) is 10.2. The number of benzene rings is 1. The molecule has 0 aliphatic rings. The van der Waals surface area contributed by atoms with Crippen LogP contribution in [0.4, 0.5) is 27.5 Å². The molecule has 0 aliphatic carbocycles. The van der Waals surface area contributed by atoms with Crippen LogP contribution in [0.2, 0.25) is 5.15 Å². The summed E-state index contributed by atoms with van der Waals surface area (Å²) in [6.45, 7) is 2.12. The summed E-state index contributed by atoms with van der Waals surface area (Å²) in [5.41, 5.74) is 2.78. The quantitative estimate of drug-likeness (QED) is 0.262. The Bertz CT molecular complexity index is 1250. The highest BCUT2D eigenvalue weighted by molar-refractivity contribution is 6.29. The van der Waals surface area contributed by atoms with E-state index in [-0.39, 0.29) is 24.2 Å². The molecular formula is C21H19ClFN7O2. The van der Waals surface area contributed by atoms with Crippen molar-refractivity contribution in [3.8, 4) is 0 Å². The molecule has 0 amide bonds. The maximum atomic E-state index is 14.2. The van der Waals surface area contributed by atoms with Gasteiger partial charge in [-0.1, -0.05) is 11.6 Å². The van der Waals surface area contributed by atoms with Crippen LogP contribution in [0.15, 0.2) is 42.7 Å². The Balaban J connectivity index is 1.52. The zero-order valence-corrected chi connectivity index (χ0v) is 17.8. The molecule has 0 unspecified atom stereocenters. The highest BCUT2D eigenvalue weighted by Gasteiger charge is 2.12. The van der Waals surface area contributed by atoms with Crippen molar-refractivity contribution in [3.63, 3.8) is 0 Å². The third kappa shape index (κ3) is 5.09. The number of fused-ring (bicyclic) bond motifs is 1. The molecule has 9 nitrogen and oxygen atoms in total. The van der Waals surface area contributed by atoms with Crippen LogP contribution in [0.3, 0.4) is 0 Å². The number of carbonyl (C=O) groups excluding carboxylic acids is 1. The van der Waals surface area contributed by atoms with E-state index in [2.05, 4.69) is 35.8 Å². The molecule has 0 bridgehead atoms. The number of esters is 1. The Labute approximate surface area is 187 Å². The summed E-state index contributed by atoms with van der Waals surface area (Å²) in [5, 5.41) is 14.3. The minimum atomic E-state index is -0.614. The topological polar surface area (TPSA) is 118 Å². The van der Waals surface area contributed by atoms with Crippen LogP contribution >= 0.6 is 11.6 Å². The van der Waals surface area contributed by atoms with Crippen molar-refractivity contribution in [2.75, 3.05) is 17.2 Å². The van der Waals surface area contributed by atoms with E-state index >= 15 is 0 Å². The van der Waals surface area contributed by atoms with E-state index in [1.807, 2.05) is 12.1 Å². The summed E-state index contributed by atoms with van der Waals surface area (Å²) >= 11 is 5.78. The van der Waals surface area contributed by atoms with Gasteiger partial charge in [-0.25, -0.2) is 14.4 Å². The van der Waals surface area contributed by atoms with E-state index in [9.17, 15) is 9.18 Å². The normalized spacial score (nSPS) is 10.8. The van der Waals surface area contributed by atoms with Gasteiger partial charge in [-0.3, -0.25) is 9.89 Å². The van der Waals surface area contributed by atoms with Gasteiger partial charge in [0.25, 0.3) is 0 Å². The Morgan fingerprint density at radius 2 is 2.00 bits per heavy atom. The smallest absolute Gasteiger partial charge is 0.306 e. The molecular weight excluding hydrogens is 437 g/mol. The molecule has 3 N–H and O–H groups in total. The molecule has 0 fully saturated rings. The summed E-state index contributed by atoms with van der Waals surface area (Å²) in [5.74, 6) is -0.685. The average Bonchev–Trinajstić information content (AvgIpc) is 3.19. The zero-order chi connectivity index (χ0) is 22.5. The molecule has 4 rings (SSSR count). The van der Waals surface area contributed by atoms with Gasteiger partial charge in [0.1, 0.15) is 5.15 Å². The molecule has 0 atom stereocenters. The fourth-order valence-electron chi connectivity index (χ4n) is 3.02. The molecule has 1 aromatic carbocycles. The number of hydrogen-bond acceptors (Lipinski definition) is 8. The lowest BCUT2D eigenvalue weighted by Gasteiger charge is -2.09. The van der Waals surface area contributed by atoms with E-state index in [0.29, 0.717) is 29.6 Å². The largest absolute Gasteiger partial charge is 0.466 e. The van der Waals surface area contributed by atoms with E-state index in [1.165, 1.54) is 6.20 Å². The molecule has 3 heterocycles. The van der Waals surface area contributed by atoms with Gasteiger partial charge in [0.05, 0.1) is 36.6 Å². The highest BCUT2D eigenvalue weighted by atomic mass is 35.5. The van der Waals surface area contributed by atoms with Crippen LogP contribution in [-0.2, 0) is 16.0 Å². The molecule has 3 aromatic heterocycles. The van der Waals surface area contributed by atoms with Crippen molar-refractivity contribution in [2.45, 2.75) is 19.8 Å². The standard InChI is InChI=1S/C21H19ClFN7O2/c1-2-32-19(31)8-6-17-14-9-12(3-5-16(14)29-30-17)27-21-25-11-15(23)20(28-21)26-13-4-7-18(22)24-10-13/h3-5,7,9-11H,2,6,8H2,1H3,(H,29,30)(H2,25,26,27,28). The lowest BCUT2D eigenvalue weighted by Crippen LogP contribution is -2.05. The summed E-state index contributed by atoms with van der Waals surface area (Å²) < 4.78 is 19.2. The second-order valence-corrected chi connectivity index (χ2v) is 7.14. The number of H-pyrrole nitrogens is 1. The predicted molar refractivity (Wildman–Crippen MR) is 119 cm³/mol. The van der Waals surface area contributed by atoms with E-state index in [0.717, 1.165) is 22.8 Å². The van der Waals surface area contributed by atoms with Crippen molar-refractivity contribution in [3.05, 3.63) is 59.4 Å². The minimum Gasteiger partial charge on any atom is -0.466 e. The van der Waals surface area contributed by atoms with E-state index in [4.69, 9.17) is 16.3 Å². The number of nitrogens with one attached hydrogen (secondary N) is 3. The maximum Gasteiger partial charge on any atom is 0.306 e. The van der Waals surface area contributed by atoms with Crippen molar-refractivity contribution in [2.24, 2.45) is 0 Å². The molecule has 0 saturated carbocycles. The Morgan fingerprint density at radius 1 is 1.16 bits per heavy atom. The molecule has 0 saturated heterocycles. The second kappa shape index (κ2) is 9.56. The lowest BCUT2D eigenvalue weighted by atomic mass is 10.1. The van der Waals surface area contributed by atoms with Crippen LogP contribution in [0.25, 0.3) is 10.9 Å². The van der Waals surface area contributed by atoms with Crippen molar-refractivity contribution >= 4 is 51.6 Å². The van der Waals surface area contributed by atoms with Crippen molar-refractivity contribution in [1.29, 1.82) is 0 Å². The number of aryl methyl sites for hydroxylation is 1. The van der Waals surface area contributed by atoms with Crippen LogP contribution in [-0.4, -0.2) is 37.7 Å². The second-order valence-electron chi connectivity index (χ2n) is 6.75. The fraction of sp³-hybridized carbons (Fsp3) is 0.190. The van der Waals surface area contributed by atoms with Gasteiger partial charge in [-0.15, -0.1) is 0 Å². The zero-order valence-electron chi connectivity index (χ0n) is 17.0. The van der Waals surface area contributed by atoms with Gasteiger partial charge in [-0.2, -0.15) is 10.1 Å². The first kappa shape index (κ1) is 21.4. The molecule has 32 heavy (non-hydrogen) atoms. The maximum absolute atomic E-state index is 14.2. The number of aromatic amines is 1. The van der Waals surface area contributed by atoms with Gasteiger partial charge in [0, 0.05) is 23.2 Å². The number of nitrogens with zero attached hydrogens (tertiary/aromatic N) is 4. The van der Waals surface area contributed by atoms with Crippen LogP contribution in [0.1, 0.15) is 19.0 Å². The number of pyridine rings is 1. The third-order valence-corrected chi connectivity index (χ3v) is 4.73. The van der Waals surface area contributed by atoms with Gasteiger partial charge >= 0.3 is 5.97 Å². The Kier molecular flexibility index (Phi) is 6.41. The Morgan fingerprint density at radius 3 is 2.78 bits per heavy atom. The van der Waals surface area contributed by atoms with E-state index < -0.39 is 5.82 Å². The van der Waals surface area contributed by atoms with Gasteiger partial charge in [0.2, 0.25) is 5.95 Å². The molecule has 4 aromatic rings. The number of halogens is 2. The summed E-state index contributed by atoms with van der Waals surface area (Å²) in [4.78, 5) is 23.8. The molecule has 11 heteroatoms. The summed E-state index contributed by atoms with van der Waals surface area (Å²) in [7, 11) is 0. The van der Waals surface area contributed by atoms with Crippen molar-refractivity contribution in [1.82, 2.24) is 25.1 Å². The third-order valence-electron chi connectivity index (χ3n) is 4.51. The lowest BCUT2D eigenvalue weighted by molar-refractivity contribution is -0.143. The van der Waals surface area contributed by atoms with Crippen LogP contribution in [0.5, 0.6) is 0 Å². The number of ether oxygens (including phenoxy) is 1. The Hall–Kier alpha value is -3.79. The number of aromatic nitrogens is 5. The SMILES string of the molecule is CCOC(=O)CCc1[nH]nc2ccc(Nc3ncc(F)c(Nc4ccc(Cl)nc4)n3)cc12. The molecule has 0 aliphatic heterocycles. The fourth-order valence-corrected chi connectivity index (χ4v) is 3.13. The van der Waals surface area contributed by atoms with Gasteiger partial charge < -0.3 is 15.4 Å². The molecule has 0 spiro atoms. The monoisotopic (exact) mass is 455 g/mol. The van der Waals surface area contributed by atoms with Gasteiger partial charge in [0.15, 0.2) is 11.6 Å². The summed E-state index contributed by atoms with van der Waals surface area (Å²) in [6.07, 6.45) is 3.26. The average molecular weight is 456 g/mol. The van der Waals surface area contributed by atoms with E-state index in [1.54, 1.807) is 25.1 Å². The molecule has 0 radical (unpaired) electrons.